The second-order valence-electron chi connectivity index (χ2n) is 11.8. The minimum absolute atomic E-state index is 0.892. The lowest BCUT2D eigenvalue weighted by Crippen LogP contribution is -2.09. The second-order valence-corrected chi connectivity index (χ2v) is 11.8. The highest BCUT2D eigenvalue weighted by molar-refractivity contribution is 6.06. The molecule has 1 aromatic heterocycles. The molecular weight excluding hydrogens is 558 g/mol. The Morgan fingerprint density at radius 2 is 0.913 bits per heavy atom. The minimum Gasteiger partial charge on any atom is -0.456 e. The van der Waals surface area contributed by atoms with Gasteiger partial charge >= 0.3 is 0 Å². The van der Waals surface area contributed by atoms with Gasteiger partial charge in [-0.2, -0.15) is 0 Å². The molecule has 2 heteroatoms. The third kappa shape index (κ3) is 4.51. The molecule has 9 rings (SSSR count). The van der Waals surface area contributed by atoms with Gasteiger partial charge in [0.15, 0.2) is 0 Å². The van der Waals surface area contributed by atoms with Crippen molar-refractivity contribution in [1.82, 2.24) is 0 Å². The number of fused-ring (bicyclic) bond motifs is 5. The van der Waals surface area contributed by atoms with E-state index in [1.807, 2.05) is 12.1 Å². The van der Waals surface area contributed by atoms with Gasteiger partial charge in [-0.3, -0.25) is 0 Å². The van der Waals surface area contributed by atoms with E-state index in [4.69, 9.17) is 4.42 Å². The third-order valence-corrected chi connectivity index (χ3v) is 9.05. The van der Waals surface area contributed by atoms with E-state index in [0.717, 1.165) is 39.0 Å². The average Bonchev–Trinajstić information content (AvgIpc) is 3.50. The van der Waals surface area contributed by atoms with E-state index < -0.39 is 0 Å². The van der Waals surface area contributed by atoms with Gasteiger partial charge in [-0.15, -0.1) is 0 Å². The maximum Gasteiger partial charge on any atom is 0.135 e. The first-order valence-corrected chi connectivity index (χ1v) is 15.7. The Hall–Kier alpha value is -6.12. The lowest BCUT2D eigenvalue weighted by atomic mass is 9.98. The fraction of sp³-hybridized carbons (Fsp3) is 0. The van der Waals surface area contributed by atoms with Crippen molar-refractivity contribution in [3.8, 4) is 22.3 Å². The fourth-order valence-electron chi connectivity index (χ4n) is 6.74. The Bertz CT molecular complexity index is 2520. The van der Waals surface area contributed by atoms with Crippen molar-refractivity contribution >= 4 is 60.5 Å². The fourth-order valence-corrected chi connectivity index (χ4v) is 6.74. The van der Waals surface area contributed by atoms with Crippen LogP contribution in [-0.2, 0) is 0 Å². The molecule has 0 amide bonds. The van der Waals surface area contributed by atoms with Crippen LogP contribution < -0.4 is 4.90 Å². The molecule has 0 spiro atoms. The molecule has 1 heterocycles. The van der Waals surface area contributed by atoms with Crippen molar-refractivity contribution in [2.75, 3.05) is 4.90 Å². The van der Waals surface area contributed by atoms with Crippen LogP contribution in [0.25, 0.3) is 65.7 Å². The Balaban J connectivity index is 1.16. The van der Waals surface area contributed by atoms with Crippen molar-refractivity contribution in [1.29, 1.82) is 0 Å². The summed E-state index contributed by atoms with van der Waals surface area (Å²) in [6, 6.07) is 62.9. The Morgan fingerprint density at radius 3 is 1.72 bits per heavy atom. The van der Waals surface area contributed by atoms with Crippen LogP contribution in [0, 0.1) is 0 Å². The summed E-state index contributed by atoms with van der Waals surface area (Å²) in [5.41, 5.74) is 9.90. The predicted octanol–water partition coefficient (Wildman–Crippen LogP) is 12.7. The van der Waals surface area contributed by atoms with Crippen molar-refractivity contribution < 1.29 is 4.42 Å². The number of nitrogens with zero attached hydrogens (tertiary/aromatic N) is 1. The van der Waals surface area contributed by atoms with Crippen LogP contribution >= 0.6 is 0 Å². The first kappa shape index (κ1) is 26.3. The summed E-state index contributed by atoms with van der Waals surface area (Å²) in [6.45, 7) is 0. The molecular formula is C44H29NO. The average molecular weight is 588 g/mol. The molecule has 0 atom stereocenters. The summed E-state index contributed by atoms with van der Waals surface area (Å²) in [4.78, 5) is 2.33. The van der Waals surface area contributed by atoms with Crippen LogP contribution in [0.5, 0.6) is 0 Å². The Kier molecular flexibility index (Phi) is 6.17. The Labute approximate surface area is 267 Å². The summed E-state index contributed by atoms with van der Waals surface area (Å²) in [7, 11) is 0. The van der Waals surface area contributed by atoms with Crippen molar-refractivity contribution in [3.63, 3.8) is 0 Å². The van der Waals surface area contributed by atoms with Crippen molar-refractivity contribution in [2.45, 2.75) is 0 Å². The highest BCUT2D eigenvalue weighted by Crippen LogP contribution is 2.40. The van der Waals surface area contributed by atoms with Gasteiger partial charge in [-0.1, -0.05) is 121 Å². The number of anilines is 3. The summed E-state index contributed by atoms with van der Waals surface area (Å²) < 4.78 is 6.18. The van der Waals surface area contributed by atoms with Crippen LogP contribution in [0.15, 0.2) is 180 Å². The zero-order chi connectivity index (χ0) is 30.5. The van der Waals surface area contributed by atoms with E-state index in [-0.39, 0.29) is 0 Å². The Morgan fingerprint density at radius 1 is 0.326 bits per heavy atom. The van der Waals surface area contributed by atoms with E-state index >= 15 is 0 Å². The quantitative estimate of drug-likeness (QED) is 0.199. The predicted molar refractivity (Wildman–Crippen MR) is 194 cm³/mol. The third-order valence-electron chi connectivity index (χ3n) is 9.05. The molecule has 0 aliphatic heterocycles. The molecule has 0 bridgehead atoms. The number of benzene rings is 8. The molecule has 0 aliphatic carbocycles. The molecule has 9 aromatic rings. The molecule has 0 saturated heterocycles. The number of para-hydroxylation sites is 1. The lowest BCUT2D eigenvalue weighted by Gasteiger charge is -2.26. The SMILES string of the molecule is c1ccc2cc(-c3ccc(N(c4ccc(-c5cccc6ccccc56)cc4)c4ccc5oc6ccccc6c5c4)cc3)ccc2c1. The van der Waals surface area contributed by atoms with Gasteiger partial charge < -0.3 is 9.32 Å². The number of hydrogen-bond acceptors (Lipinski definition) is 2. The highest BCUT2D eigenvalue weighted by atomic mass is 16.3. The van der Waals surface area contributed by atoms with Crippen LogP contribution in [0.4, 0.5) is 17.1 Å². The topological polar surface area (TPSA) is 16.4 Å². The van der Waals surface area contributed by atoms with Crippen LogP contribution in [0.3, 0.4) is 0 Å². The maximum atomic E-state index is 6.18. The van der Waals surface area contributed by atoms with Crippen molar-refractivity contribution in [3.05, 3.63) is 176 Å². The molecule has 2 nitrogen and oxygen atoms in total. The molecule has 0 unspecified atom stereocenters. The van der Waals surface area contributed by atoms with Crippen LogP contribution in [0.1, 0.15) is 0 Å². The largest absolute Gasteiger partial charge is 0.456 e. The molecule has 216 valence electrons. The normalized spacial score (nSPS) is 11.5. The lowest BCUT2D eigenvalue weighted by molar-refractivity contribution is 0.669. The van der Waals surface area contributed by atoms with Gasteiger partial charge in [-0.05, 0) is 98.4 Å². The van der Waals surface area contributed by atoms with Crippen molar-refractivity contribution in [2.24, 2.45) is 0 Å². The van der Waals surface area contributed by atoms with E-state index in [1.54, 1.807) is 0 Å². The van der Waals surface area contributed by atoms with Gasteiger partial charge in [0.2, 0.25) is 0 Å². The second kappa shape index (κ2) is 10.8. The molecule has 0 radical (unpaired) electrons. The van der Waals surface area contributed by atoms with Gasteiger partial charge in [0.25, 0.3) is 0 Å². The van der Waals surface area contributed by atoms with Gasteiger partial charge in [0.1, 0.15) is 11.2 Å². The summed E-state index contributed by atoms with van der Waals surface area (Å²) >= 11 is 0. The van der Waals surface area contributed by atoms with Gasteiger partial charge in [0.05, 0.1) is 0 Å². The van der Waals surface area contributed by atoms with E-state index in [2.05, 4.69) is 169 Å². The van der Waals surface area contributed by atoms with E-state index in [0.29, 0.717) is 0 Å². The summed E-state index contributed by atoms with van der Waals surface area (Å²) in [5.74, 6) is 0. The highest BCUT2D eigenvalue weighted by Gasteiger charge is 2.16. The van der Waals surface area contributed by atoms with Crippen LogP contribution in [-0.4, -0.2) is 0 Å². The zero-order valence-electron chi connectivity index (χ0n) is 25.1. The molecule has 0 N–H and O–H groups in total. The van der Waals surface area contributed by atoms with Crippen LogP contribution in [0.2, 0.25) is 0 Å². The first-order chi connectivity index (χ1) is 22.8. The molecule has 0 aliphatic rings. The number of hydrogen-bond donors (Lipinski definition) is 0. The standard InChI is InChI=1S/C44H29NO/c1-2-10-34-28-35(17-16-30(34)8-1)31-18-22-36(23-19-31)45(38-26-27-44-42(29-38)41-13-5-6-15-43(41)46-44)37-24-20-33(21-25-37)40-14-7-11-32-9-3-4-12-39(32)40/h1-29H. The summed E-state index contributed by atoms with van der Waals surface area (Å²) in [5, 5.41) is 7.24. The zero-order valence-corrected chi connectivity index (χ0v) is 25.1. The molecule has 0 fully saturated rings. The monoisotopic (exact) mass is 587 g/mol. The van der Waals surface area contributed by atoms with E-state index in [9.17, 15) is 0 Å². The van der Waals surface area contributed by atoms with Gasteiger partial charge in [-0.25, -0.2) is 0 Å². The molecule has 0 saturated carbocycles. The molecule has 46 heavy (non-hydrogen) atoms. The summed E-state index contributed by atoms with van der Waals surface area (Å²) in [6.07, 6.45) is 0. The van der Waals surface area contributed by atoms with Gasteiger partial charge in [0, 0.05) is 27.8 Å². The molecule has 8 aromatic carbocycles. The first-order valence-electron chi connectivity index (χ1n) is 15.7. The number of furan rings is 1. The number of rotatable bonds is 5. The maximum absolute atomic E-state index is 6.18. The smallest absolute Gasteiger partial charge is 0.135 e. The minimum atomic E-state index is 0.892. The van der Waals surface area contributed by atoms with E-state index in [1.165, 1.54) is 43.8 Å².